The summed E-state index contributed by atoms with van der Waals surface area (Å²) in [5.41, 5.74) is 2.68. The van der Waals surface area contributed by atoms with Crippen LogP contribution in [-0.4, -0.2) is 45.8 Å². The first kappa shape index (κ1) is 21.7. The maximum Gasteiger partial charge on any atom is 0.229 e. The molecule has 3 heterocycles. The molecule has 1 aliphatic heterocycles. The van der Waals surface area contributed by atoms with E-state index in [1.807, 2.05) is 48.0 Å². The molecule has 0 bridgehead atoms. The highest BCUT2D eigenvalue weighted by molar-refractivity contribution is 6.09. The Bertz CT molecular complexity index is 1160. The van der Waals surface area contributed by atoms with Crippen molar-refractivity contribution in [3.63, 3.8) is 0 Å². The van der Waals surface area contributed by atoms with E-state index >= 15 is 0 Å². The zero-order chi connectivity index (χ0) is 22.5. The third kappa shape index (κ3) is 4.87. The lowest BCUT2D eigenvalue weighted by molar-refractivity contribution is -0.121. The zero-order valence-corrected chi connectivity index (χ0v) is 18.3. The monoisotopic (exact) mass is 429 g/mol. The second kappa shape index (κ2) is 9.75. The topological polar surface area (TPSA) is 91.0 Å². The SMILES string of the molecule is Cc1ccc(NC(=O)[C@@H]2CCCN(CC(=O)c3cn(CCC#N)c4ccccc34)C2)nc1. The van der Waals surface area contributed by atoms with Crippen molar-refractivity contribution in [2.45, 2.75) is 32.7 Å². The highest BCUT2D eigenvalue weighted by Gasteiger charge is 2.28. The number of piperidine rings is 1. The van der Waals surface area contributed by atoms with Gasteiger partial charge in [-0.25, -0.2) is 4.98 Å². The van der Waals surface area contributed by atoms with Gasteiger partial charge in [-0.15, -0.1) is 0 Å². The summed E-state index contributed by atoms with van der Waals surface area (Å²) in [5.74, 6) is 0.375. The number of nitrogens with zero attached hydrogens (tertiary/aromatic N) is 4. The lowest BCUT2D eigenvalue weighted by Gasteiger charge is -2.31. The molecule has 1 fully saturated rings. The summed E-state index contributed by atoms with van der Waals surface area (Å²) in [5, 5.41) is 12.7. The minimum Gasteiger partial charge on any atom is -0.346 e. The van der Waals surface area contributed by atoms with E-state index in [1.165, 1.54) is 0 Å². The summed E-state index contributed by atoms with van der Waals surface area (Å²) in [6, 6.07) is 13.7. The van der Waals surface area contributed by atoms with Crippen LogP contribution in [0.15, 0.2) is 48.8 Å². The second-order valence-corrected chi connectivity index (χ2v) is 8.37. The number of rotatable bonds is 7. The van der Waals surface area contributed by atoms with Gasteiger partial charge in [-0.2, -0.15) is 5.26 Å². The van der Waals surface area contributed by atoms with Crippen LogP contribution >= 0.6 is 0 Å². The van der Waals surface area contributed by atoms with Crippen LogP contribution in [0, 0.1) is 24.2 Å². The Morgan fingerprint density at radius 2 is 2.09 bits per heavy atom. The van der Waals surface area contributed by atoms with Crippen LogP contribution in [0.2, 0.25) is 0 Å². The fourth-order valence-corrected chi connectivity index (χ4v) is 4.30. The summed E-state index contributed by atoms with van der Waals surface area (Å²) >= 11 is 0. The van der Waals surface area contributed by atoms with Crippen molar-refractivity contribution in [3.05, 3.63) is 59.9 Å². The first-order chi connectivity index (χ1) is 15.5. The highest BCUT2D eigenvalue weighted by Crippen LogP contribution is 2.24. The molecule has 1 N–H and O–H groups in total. The molecule has 7 heteroatoms. The lowest BCUT2D eigenvalue weighted by Crippen LogP contribution is -2.42. The predicted molar refractivity (Wildman–Crippen MR) is 123 cm³/mol. The van der Waals surface area contributed by atoms with Crippen LogP contribution in [0.5, 0.6) is 0 Å². The maximum absolute atomic E-state index is 13.2. The molecule has 32 heavy (non-hydrogen) atoms. The van der Waals surface area contributed by atoms with Gasteiger partial charge in [0.05, 0.1) is 25.0 Å². The van der Waals surface area contributed by atoms with Gasteiger partial charge in [-0.1, -0.05) is 24.3 Å². The average molecular weight is 430 g/mol. The number of fused-ring (bicyclic) bond motifs is 1. The number of carbonyl (C=O) groups excluding carboxylic acids is 2. The van der Waals surface area contributed by atoms with Crippen molar-refractivity contribution in [3.8, 4) is 6.07 Å². The number of Topliss-reactive ketones (excluding diaryl/α,β-unsaturated/α-hetero) is 1. The van der Waals surface area contributed by atoms with Gasteiger partial charge >= 0.3 is 0 Å². The van der Waals surface area contributed by atoms with E-state index in [1.54, 1.807) is 12.3 Å². The van der Waals surface area contributed by atoms with Crippen molar-refractivity contribution in [2.75, 3.05) is 25.0 Å². The molecule has 7 nitrogen and oxygen atoms in total. The molecule has 4 rings (SSSR count). The molecule has 0 aliphatic carbocycles. The molecule has 1 amide bonds. The number of aromatic nitrogens is 2. The van der Waals surface area contributed by atoms with Crippen LogP contribution in [0.3, 0.4) is 0 Å². The number of benzene rings is 1. The van der Waals surface area contributed by atoms with Gasteiger partial charge in [0.2, 0.25) is 5.91 Å². The molecular weight excluding hydrogens is 402 g/mol. The average Bonchev–Trinajstić information content (AvgIpc) is 3.18. The molecule has 0 saturated carbocycles. The Hall–Kier alpha value is -3.50. The van der Waals surface area contributed by atoms with Gasteiger partial charge in [-0.3, -0.25) is 14.5 Å². The Labute approximate surface area is 187 Å². The largest absolute Gasteiger partial charge is 0.346 e. The van der Waals surface area contributed by atoms with Crippen molar-refractivity contribution in [2.24, 2.45) is 5.92 Å². The van der Waals surface area contributed by atoms with Gasteiger partial charge in [0.15, 0.2) is 5.78 Å². The van der Waals surface area contributed by atoms with Gasteiger partial charge in [0.25, 0.3) is 0 Å². The number of hydrogen-bond donors (Lipinski definition) is 1. The number of nitrogens with one attached hydrogen (secondary N) is 1. The quantitative estimate of drug-likeness (QED) is 0.577. The molecule has 164 valence electrons. The van der Waals surface area contributed by atoms with Crippen LogP contribution in [0.4, 0.5) is 5.82 Å². The van der Waals surface area contributed by atoms with Crippen molar-refractivity contribution < 1.29 is 9.59 Å². The van der Waals surface area contributed by atoms with Crippen molar-refractivity contribution >= 4 is 28.4 Å². The normalized spacial score (nSPS) is 16.6. The van der Waals surface area contributed by atoms with Gasteiger partial charge in [0.1, 0.15) is 5.82 Å². The minimum absolute atomic E-state index is 0.0400. The summed E-state index contributed by atoms with van der Waals surface area (Å²) in [4.78, 5) is 32.2. The Kier molecular flexibility index (Phi) is 6.62. The van der Waals surface area contributed by atoms with Crippen molar-refractivity contribution in [1.29, 1.82) is 5.26 Å². The molecule has 0 spiro atoms. The van der Waals surface area contributed by atoms with E-state index in [4.69, 9.17) is 5.26 Å². The zero-order valence-electron chi connectivity index (χ0n) is 18.3. The third-order valence-electron chi connectivity index (χ3n) is 5.96. The van der Waals surface area contributed by atoms with Crippen LogP contribution in [0.1, 0.15) is 35.2 Å². The molecule has 3 aromatic rings. The Balaban J connectivity index is 1.43. The molecule has 0 unspecified atom stereocenters. The number of aryl methyl sites for hydroxylation is 2. The minimum atomic E-state index is -0.170. The number of pyridine rings is 1. The lowest BCUT2D eigenvalue weighted by atomic mass is 9.96. The van der Waals surface area contributed by atoms with Crippen LogP contribution in [0.25, 0.3) is 10.9 Å². The number of amides is 1. The fraction of sp³-hybridized carbons (Fsp3) is 0.360. The van der Waals surface area contributed by atoms with Crippen LogP contribution < -0.4 is 5.32 Å². The third-order valence-corrected chi connectivity index (χ3v) is 5.96. The molecule has 0 radical (unpaired) electrons. The summed E-state index contributed by atoms with van der Waals surface area (Å²) < 4.78 is 1.98. The van der Waals surface area contributed by atoms with E-state index in [0.717, 1.165) is 35.9 Å². The molecule has 2 aromatic heterocycles. The van der Waals surface area contributed by atoms with Crippen molar-refractivity contribution in [1.82, 2.24) is 14.5 Å². The summed E-state index contributed by atoms with van der Waals surface area (Å²) in [7, 11) is 0. The number of anilines is 1. The number of likely N-dealkylation sites (tertiary alicyclic amines) is 1. The van der Waals surface area contributed by atoms with Gasteiger partial charge in [-0.05, 0) is 44.0 Å². The van der Waals surface area contributed by atoms with Gasteiger partial charge in [0, 0.05) is 41.9 Å². The number of para-hydroxylation sites is 1. The number of hydrogen-bond acceptors (Lipinski definition) is 5. The first-order valence-corrected chi connectivity index (χ1v) is 11.0. The van der Waals surface area contributed by atoms with E-state index in [9.17, 15) is 9.59 Å². The van der Waals surface area contributed by atoms with E-state index < -0.39 is 0 Å². The van der Waals surface area contributed by atoms with Gasteiger partial charge < -0.3 is 9.88 Å². The molecule has 1 atom stereocenters. The first-order valence-electron chi connectivity index (χ1n) is 11.0. The number of carbonyl (C=O) groups is 2. The summed E-state index contributed by atoms with van der Waals surface area (Å²) in [6.45, 7) is 4.14. The summed E-state index contributed by atoms with van der Waals surface area (Å²) in [6.07, 6.45) is 5.66. The highest BCUT2D eigenvalue weighted by atomic mass is 16.2. The molecule has 1 saturated heterocycles. The smallest absolute Gasteiger partial charge is 0.229 e. The van der Waals surface area contributed by atoms with E-state index in [-0.39, 0.29) is 24.2 Å². The second-order valence-electron chi connectivity index (χ2n) is 8.37. The molecular formula is C25H27N5O2. The van der Waals surface area contributed by atoms with E-state index in [0.29, 0.717) is 30.9 Å². The number of nitriles is 1. The number of ketones is 1. The Morgan fingerprint density at radius 3 is 2.88 bits per heavy atom. The molecule has 1 aromatic carbocycles. The predicted octanol–water partition coefficient (Wildman–Crippen LogP) is 3.79. The Morgan fingerprint density at radius 1 is 1.25 bits per heavy atom. The van der Waals surface area contributed by atoms with Crippen LogP contribution in [-0.2, 0) is 11.3 Å². The fourth-order valence-electron chi connectivity index (χ4n) is 4.30. The standard InChI is InChI=1S/C25H27N5O2/c1-18-9-10-24(27-14-18)28-25(32)19-6-4-12-29(15-19)17-23(31)21-16-30(13-5-11-26)22-8-3-2-7-20(21)22/h2-3,7-10,14,16,19H,4-6,12-13,15,17H2,1H3,(H,27,28,32)/t19-/m1/s1. The maximum atomic E-state index is 13.2. The molecule has 1 aliphatic rings. The van der Waals surface area contributed by atoms with E-state index in [2.05, 4.69) is 21.3 Å².